The van der Waals surface area contributed by atoms with Gasteiger partial charge in [-0.1, -0.05) is 0 Å². The zero-order valence-corrected chi connectivity index (χ0v) is 12.0. The Morgan fingerprint density at radius 2 is 0.842 bits per heavy atom. The van der Waals surface area contributed by atoms with Gasteiger partial charge in [0.2, 0.25) is 0 Å². The van der Waals surface area contributed by atoms with Crippen LogP contribution in [-0.2, 0) is 23.7 Å². The Labute approximate surface area is 115 Å². The summed E-state index contributed by atoms with van der Waals surface area (Å²) in [6, 6.07) is 0. The van der Waals surface area contributed by atoms with Crippen LogP contribution in [0, 0.1) is 0 Å². The maximum Gasteiger partial charge on any atom is 0.0701 e. The molecule has 0 rings (SSSR count). The molecule has 0 aromatic heterocycles. The van der Waals surface area contributed by atoms with Crippen molar-refractivity contribution in [2.75, 3.05) is 80.3 Å². The van der Waals surface area contributed by atoms with Crippen LogP contribution in [0.5, 0.6) is 0 Å². The van der Waals surface area contributed by atoms with Crippen LogP contribution in [0.2, 0.25) is 0 Å². The van der Waals surface area contributed by atoms with E-state index < -0.39 is 0 Å². The van der Waals surface area contributed by atoms with Crippen LogP contribution in [0.15, 0.2) is 0 Å². The first-order chi connectivity index (χ1) is 9.33. The number of methoxy groups -OCH3 is 2. The van der Waals surface area contributed by atoms with E-state index in [-0.39, 0.29) is 13.2 Å². The van der Waals surface area contributed by atoms with Gasteiger partial charge in [-0.3, -0.25) is 0 Å². The van der Waals surface area contributed by atoms with E-state index in [0.717, 1.165) is 0 Å². The average Bonchev–Trinajstić information content (AvgIpc) is 2.44. The highest BCUT2D eigenvalue weighted by Gasteiger charge is 1.89. The lowest BCUT2D eigenvalue weighted by molar-refractivity contribution is 0.00230. The molecular weight excluding hydrogens is 256 g/mol. The van der Waals surface area contributed by atoms with Crippen molar-refractivity contribution in [2.45, 2.75) is 0 Å². The molecule has 0 spiro atoms. The second-order valence-electron chi connectivity index (χ2n) is 3.27. The lowest BCUT2D eigenvalue weighted by Crippen LogP contribution is -2.11. The summed E-state index contributed by atoms with van der Waals surface area (Å²) in [5.74, 6) is 0. The summed E-state index contributed by atoms with van der Waals surface area (Å²) >= 11 is 0. The van der Waals surface area contributed by atoms with Gasteiger partial charge in [0.15, 0.2) is 0 Å². The number of ether oxygens (including phenoxy) is 5. The average molecular weight is 284 g/mol. The fourth-order valence-corrected chi connectivity index (χ4v) is 0.838. The van der Waals surface area contributed by atoms with E-state index in [9.17, 15) is 0 Å². The second-order valence-corrected chi connectivity index (χ2v) is 3.27. The van der Waals surface area contributed by atoms with Gasteiger partial charge in [-0.25, -0.2) is 0 Å². The van der Waals surface area contributed by atoms with Crippen LogP contribution >= 0.6 is 0 Å². The zero-order valence-electron chi connectivity index (χ0n) is 12.0. The van der Waals surface area contributed by atoms with Crippen LogP contribution in [-0.4, -0.2) is 90.5 Å². The molecule has 0 atom stereocenters. The van der Waals surface area contributed by atoms with Crippen LogP contribution in [0.4, 0.5) is 0 Å². The molecule has 0 aliphatic rings. The quantitative estimate of drug-likeness (QED) is 0.432. The highest BCUT2D eigenvalue weighted by atomic mass is 16.5. The molecule has 0 fully saturated rings. The number of rotatable bonds is 13. The van der Waals surface area contributed by atoms with Crippen LogP contribution in [0.3, 0.4) is 0 Å². The third-order valence-electron chi connectivity index (χ3n) is 1.71. The molecule has 0 aliphatic heterocycles. The van der Waals surface area contributed by atoms with Gasteiger partial charge in [-0.05, 0) is 0 Å². The summed E-state index contributed by atoms with van der Waals surface area (Å²) in [5.41, 5.74) is 0. The minimum absolute atomic E-state index is 0.0413. The predicted molar refractivity (Wildman–Crippen MR) is 70.4 cm³/mol. The Morgan fingerprint density at radius 1 is 0.526 bits per heavy atom. The summed E-state index contributed by atoms with van der Waals surface area (Å²) in [6.45, 7) is 4.15. The smallest absolute Gasteiger partial charge is 0.0701 e. The van der Waals surface area contributed by atoms with Gasteiger partial charge in [-0.15, -0.1) is 0 Å². The lowest BCUT2D eigenvalue weighted by atomic mass is 10.7. The van der Waals surface area contributed by atoms with E-state index in [2.05, 4.69) is 9.47 Å². The normalized spacial score (nSPS) is 10.1. The van der Waals surface area contributed by atoms with Crippen LogP contribution < -0.4 is 0 Å². The maximum absolute atomic E-state index is 8.36. The minimum atomic E-state index is 0.0413. The Bertz CT molecular complexity index is 121. The molecule has 0 aromatic rings. The molecule has 0 aromatic carbocycles. The van der Waals surface area contributed by atoms with Gasteiger partial charge < -0.3 is 33.9 Å². The molecule has 19 heavy (non-hydrogen) atoms. The molecule has 0 heterocycles. The molecule has 0 radical (unpaired) electrons. The predicted octanol–water partition coefficient (Wildman–Crippen LogP) is -0.700. The van der Waals surface area contributed by atoms with Crippen LogP contribution in [0.1, 0.15) is 0 Å². The maximum atomic E-state index is 8.36. The minimum Gasteiger partial charge on any atom is -0.394 e. The van der Waals surface area contributed by atoms with E-state index >= 15 is 0 Å². The first-order valence-electron chi connectivity index (χ1n) is 6.26. The van der Waals surface area contributed by atoms with E-state index in [0.29, 0.717) is 52.9 Å². The molecule has 0 bridgehead atoms. The Balaban J connectivity index is 0. The summed E-state index contributed by atoms with van der Waals surface area (Å²) < 4.78 is 24.3. The number of hydrogen-bond donors (Lipinski definition) is 2. The van der Waals surface area contributed by atoms with Crippen molar-refractivity contribution < 1.29 is 33.9 Å². The lowest BCUT2D eigenvalue weighted by Gasteiger charge is -2.04. The zero-order chi connectivity index (χ0) is 14.6. The fourth-order valence-electron chi connectivity index (χ4n) is 0.838. The third kappa shape index (κ3) is 27.1. The van der Waals surface area contributed by atoms with Crippen molar-refractivity contribution in [3.05, 3.63) is 0 Å². The molecule has 0 amide bonds. The van der Waals surface area contributed by atoms with Gasteiger partial charge >= 0.3 is 0 Å². The largest absolute Gasteiger partial charge is 0.394 e. The number of aliphatic hydroxyl groups is 2. The van der Waals surface area contributed by atoms with E-state index in [1.807, 2.05) is 0 Å². The van der Waals surface area contributed by atoms with Crippen molar-refractivity contribution in [3.8, 4) is 0 Å². The molecule has 0 unspecified atom stereocenters. The van der Waals surface area contributed by atoms with E-state index in [1.165, 1.54) is 0 Å². The van der Waals surface area contributed by atoms with Crippen molar-refractivity contribution in [1.29, 1.82) is 0 Å². The van der Waals surface area contributed by atoms with Gasteiger partial charge in [-0.2, -0.15) is 0 Å². The molecule has 0 aliphatic carbocycles. The highest BCUT2D eigenvalue weighted by Crippen LogP contribution is 1.80. The first kappa shape index (κ1) is 21.0. The van der Waals surface area contributed by atoms with Crippen molar-refractivity contribution in [3.63, 3.8) is 0 Å². The van der Waals surface area contributed by atoms with Crippen LogP contribution in [0.25, 0.3) is 0 Å². The van der Waals surface area contributed by atoms with Gasteiger partial charge in [0.25, 0.3) is 0 Å². The van der Waals surface area contributed by atoms with Gasteiger partial charge in [0.1, 0.15) is 0 Å². The Kier molecular flexibility index (Phi) is 25.3. The molecule has 0 saturated heterocycles. The summed E-state index contributed by atoms with van der Waals surface area (Å²) in [7, 11) is 3.30. The fraction of sp³-hybridized carbons (Fsp3) is 1.00. The van der Waals surface area contributed by atoms with Crippen molar-refractivity contribution >= 4 is 0 Å². The Morgan fingerprint density at radius 3 is 1.11 bits per heavy atom. The first-order valence-corrected chi connectivity index (χ1v) is 6.26. The molecule has 118 valence electrons. The molecule has 2 N–H and O–H groups in total. The monoisotopic (exact) mass is 284 g/mol. The molecule has 0 saturated carbocycles. The van der Waals surface area contributed by atoms with Gasteiger partial charge in [0.05, 0.1) is 66.1 Å². The number of aliphatic hydroxyl groups excluding tert-OH is 2. The van der Waals surface area contributed by atoms with Crippen molar-refractivity contribution in [1.82, 2.24) is 0 Å². The SMILES string of the molecule is COCCOC.OCCOCCOCCOCCO. The van der Waals surface area contributed by atoms with E-state index in [1.54, 1.807) is 14.2 Å². The molecule has 7 nitrogen and oxygen atoms in total. The highest BCUT2D eigenvalue weighted by molar-refractivity contribution is 4.33. The summed E-state index contributed by atoms with van der Waals surface area (Å²) in [5, 5.41) is 16.7. The summed E-state index contributed by atoms with van der Waals surface area (Å²) in [4.78, 5) is 0. The topological polar surface area (TPSA) is 86.6 Å². The Hall–Kier alpha value is -0.280. The third-order valence-corrected chi connectivity index (χ3v) is 1.71. The van der Waals surface area contributed by atoms with Gasteiger partial charge in [0, 0.05) is 14.2 Å². The number of hydrogen-bond acceptors (Lipinski definition) is 7. The summed E-state index contributed by atoms with van der Waals surface area (Å²) in [6.07, 6.45) is 0. The van der Waals surface area contributed by atoms with Crippen molar-refractivity contribution in [2.24, 2.45) is 0 Å². The second kappa shape index (κ2) is 22.9. The molecule has 7 heteroatoms. The standard InChI is InChI=1S/C8H18O5.C4H10O2/c9-1-3-11-5-7-13-8-6-12-4-2-10;1-5-3-4-6-2/h9-10H,1-8H2;3-4H2,1-2H3. The molecular formula is C12H28O7. The van der Waals surface area contributed by atoms with E-state index in [4.69, 9.17) is 24.4 Å².